The zero-order valence-corrected chi connectivity index (χ0v) is 12.6. The van der Waals surface area contributed by atoms with Crippen LogP contribution in [0.3, 0.4) is 0 Å². The lowest BCUT2D eigenvalue weighted by molar-refractivity contribution is -0.125. The molecule has 2 N–H and O–H groups in total. The highest BCUT2D eigenvalue weighted by Gasteiger charge is 2.26. The molecule has 0 fully saturated rings. The summed E-state index contributed by atoms with van der Waals surface area (Å²) in [4.78, 5) is 13.7. The van der Waals surface area contributed by atoms with Gasteiger partial charge in [-0.15, -0.1) is 0 Å². The van der Waals surface area contributed by atoms with Gasteiger partial charge in [0.1, 0.15) is 12.0 Å². The Balaban J connectivity index is 1.69. The second kappa shape index (κ2) is 5.73. The minimum absolute atomic E-state index is 0.0870. The number of anilines is 1. The van der Waals surface area contributed by atoms with Crippen LogP contribution < -0.4 is 10.6 Å². The highest BCUT2D eigenvalue weighted by atomic mass is 79.9. The molecule has 0 saturated carbocycles. The summed E-state index contributed by atoms with van der Waals surface area (Å²) in [6.07, 6.45) is 6.89. The molecule has 3 rings (SSSR count). The first kappa shape index (κ1) is 13.9. The fourth-order valence-electron chi connectivity index (χ4n) is 2.20. The molecule has 2 aliphatic rings. The van der Waals surface area contributed by atoms with Crippen LogP contribution in [0.4, 0.5) is 10.1 Å². The Hall–Kier alpha value is -2.08. The molecule has 0 radical (unpaired) electrons. The normalized spacial score (nSPS) is 20.4. The molecule has 0 bridgehead atoms. The molecule has 6 heteroatoms. The Bertz CT molecular complexity index is 669. The van der Waals surface area contributed by atoms with Crippen molar-refractivity contribution in [1.82, 2.24) is 10.2 Å². The van der Waals surface area contributed by atoms with Crippen LogP contribution in [0.2, 0.25) is 0 Å². The minimum Gasteiger partial charge on any atom is -0.379 e. The van der Waals surface area contributed by atoms with Crippen LogP contribution in [0.5, 0.6) is 0 Å². The summed E-state index contributed by atoms with van der Waals surface area (Å²) in [5, 5.41) is 6.34. The molecular weight excluding hydrogens is 337 g/mol. The van der Waals surface area contributed by atoms with E-state index in [2.05, 4.69) is 26.6 Å². The summed E-state index contributed by atoms with van der Waals surface area (Å²) >= 11 is 3.35. The van der Waals surface area contributed by atoms with Gasteiger partial charge in [-0.05, 0) is 46.3 Å². The number of fused-ring (bicyclic) bond motifs is 1. The molecule has 1 aromatic rings. The van der Waals surface area contributed by atoms with E-state index in [0.29, 0.717) is 12.2 Å². The van der Waals surface area contributed by atoms with Crippen molar-refractivity contribution in [1.29, 1.82) is 0 Å². The number of hydrogen-bond donors (Lipinski definition) is 2. The molecule has 2 aliphatic heterocycles. The fourth-order valence-corrected chi connectivity index (χ4v) is 2.58. The van der Waals surface area contributed by atoms with Crippen molar-refractivity contribution in [3.63, 3.8) is 0 Å². The first-order valence-electron chi connectivity index (χ1n) is 6.46. The van der Waals surface area contributed by atoms with E-state index in [9.17, 15) is 9.18 Å². The van der Waals surface area contributed by atoms with Crippen LogP contribution in [0.15, 0.2) is 58.9 Å². The van der Waals surface area contributed by atoms with Gasteiger partial charge in [-0.1, -0.05) is 6.07 Å². The fraction of sp³-hybridized carbons (Fsp3) is 0.133. The van der Waals surface area contributed by atoms with Crippen LogP contribution in [0.1, 0.15) is 0 Å². The van der Waals surface area contributed by atoms with E-state index in [1.54, 1.807) is 29.3 Å². The van der Waals surface area contributed by atoms with Gasteiger partial charge < -0.3 is 10.6 Å². The summed E-state index contributed by atoms with van der Waals surface area (Å²) < 4.78 is 14.0. The average molecular weight is 350 g/mol. The molecule has 21 heavy (non-hydrogen) atoms. The van der Waals surface area contributed by atoms with E-state index in [1.807, 2.05) is 12.2 Å². The van der Waals surface area contributed by atoms with E-state index in [1.165, 1.54) is 12.1 Å². The lowest BCUT2D eigenvalue weighted by Gasteiger charge is -2.34. The Morgan fingerprint density at radius 1 is 1.43 bits per heavy atom. The Kier molecular flexibility index (Phi) is 3.79. The molecule has 0 unspecified atom stereocenters. The maximum absolute atomic E-state index is 13.1. The molecule has 4 nitrogen and oxygen atoms in total. The van der Waals surface area contributed by atoms with E-state index in [-0.39, 0.29) is 17.9 Å². The molecule has 0 aromatic heterocycles. The van der Waals surface area contributed by atoms with Gasteiger partial charge in [0.15, 0.2) is 0 Å². The molecule has 0 spiro atoms. The summed E-state index contributed by atoms with van der Waals surface area (Å²) in [6.45, 7) is 0.429. The van der Waals surface area contributed by atoms with E-state index in [4.69, 9.17) is 0 Å². The van der Waals surface area contributed by atoms with Crippen LogP contribution in [0.25, 0.3) is 0 Å². The smallest absolute Gasteiger partial charge is 0.254 e. The van der Waals surface area contributed by atoms with Gasteiger partial charge in [-0.3, -0.25) is 9.69 Å². The average Bonchev–Trinajstić information content (AvgIpc) is 2.46. The largest absolute Gasteiger partial charge is 0.379 e. The third-order valence-electron chi connectivity index (χ3n) is 3.19. The molecule has 0 aliphatic carbocycles. The Labute approximate surface area is 130 Å². The third kappa shape index (κ3) is 3.16. The molecule has 0 saturated heterocycles. The monoisotopic (exact) mass is 349 g/mol. The number of rotatable bonds is 3. The topological polar surface area (TPSA) is 44.4 Å². The van der Waals surface area contributed by atoms with Crippen molar-refractivity contribution >= 4 is 27.5 Å². The number of nitrogens with one attached hydrogen (secondary N) is 2. The lowest BCUT2D eigenvalue weighted by Crippen LogP contribution is -2.49. The van der Waals surface area contributed by atoms with Crippen LogP contribution >= 0.6 is 15.9 Å². The first-order valence-corrected chi connectivity index (χ1v) is 7.25. The van der Waals surface area contributed by atoms with Crippen molar-refractivity contribution in [2.75, 3.05) is 11.9 Å². The quantitative estimate of drug-likeness (QED) is 0.881. The standard InChI is InChI=1S/C15H13BrFN3O/c16-10-4-5-14-19-13(7-15(21)20(14)9-10)8-18-12-3-1-2-11(17)6-12/h1-7,9,14,18-19H,8H2/t14-/m1/s1. The van der Waals surface area contributed by atoms with Crippen molar-refractivity contribution in [2.24, 2.45) is 0 Å². The molecule has 1 atom stereocenters. The number of benzene rings is 1. The number of carbonyl (C=O) groups is 1. The van der Waals surface area contributed by atoms with Gasteiger partial charge >= 0.3 is 0 Å². The van der Waals surface area contributed by atoms with Crippen LogP contribution in [-0.4, -0.2) is 23.5 Å². The summed E-state index contributed by atoms with van der Waals surface area (Å²) in [5.74, 6) is -0.380. The zero-order valence-electron chi connectivity index (χ0n) is 11.0. The molecule has 2 heterocycles. The van der Waals surface area contributed by atoms with E-state index < -0.39 is 0 Å². The number of amides is 1. The summed E-state index contributed by atoms with van der Waals surface area (Å²) in [6, 6.07) is 6.22. The van der Waals surface area contributed by atoms with Gasteiger partial charge in [0.05, 0.1) is 6.54 Å². The highest BCUT2D eigenvalue weighted by Crippen LogP contribution is 2.21. The van der Waals surface area contributed by atoms with Crippen molar-refractivity contribution in [2.45, 2.75) is 6.17 Å². The summed E-state index contributed by atoms with van der Waals surface area (Å²) in [7, 11) is 0. The molecular formula is C15H13BrFN3O. The predicted molar refractivity (Wildman–Crippen MR) is 82.9 cm³/mol. The summed E-state index contributed by atoms with van der Waals surface area (Å²) in [5.41, 5.74) is 1.44. The maximum atomic E-state index is 13.1. The van der Waals surface area contributed by atoms with E-state index >= 15 is 0 Å². The van der Waals surface area contributed by atoms with Gasteiger partial charge in [-0.2, -0.15) is 0 Å². The van der Waals surface area contributed by atoms with Crippen molar-refractivity contribution in [3.8, 4) is 0 Å². The molecule has 108 valence electrons. The van der Waals surface area contributed by atoms with Crippen LogP contribution in [-0.2, 0) is 4.79 Å². The predicted octanol–water partition coefficient (Wildman–Crippen LogP) is 2.69. The Morgan fingerprint density at radius 3 is 3.10 bits per heavy atom. The first-order chi connectivity index (χ1) is 10.1. The van der Waals surface area contributed by atoms with Crippen molar-refractivity contribution < 1.29 is 9.18 Å². The third-order valence-corrected chi connectivity index (χ3v) is 3.66. The van der Waals surface area contributed by atoms with Crippen molar-refractivity contribution in [3.05, 3.63) is 64.7 Å². The number of halogens is 2. The SMILES string of the molecule is O=C1C=C(CNc2cccc(F)c2)N[C@H]2C=CC(Br)=CN12. The lowest BCUT2D eigenvalue weighted by atomic mass is 10.2. The second-order valence-electron chi connectivity index (χ2n) is 4.74. The molecule has 1 aromatic carbocycles. The van der Waals surface area contributed by atoms with Crippen LogP contribution in [0, 0.1) is 5.82 Å². The second-order valence-corrected chi connectivity index (χ2v) is 5.66. The number of allylic oxidation sites excluding steroid dienone is 2. The van der Waals surface area contributed by atoms with E-state index in [0.717, 1.165) is 10.2 Å². The van der Waals surface area contributed by atoms with Gasteiger partial charge in [0.25, 0.3) is 5.91 Å². The highest BCUT2D eigenvalue weighted by molar-refractivity contribution is 9.11. The number of nitrogens with zero attached hydrogens (tertiary/aromatic N) is 1. The Morgan fingerprint density at radius 2 is 2.29 bits per heavy atom. The van der Waals surface area contributed by atoms with Gasteiger partial charge in [0.2, 0.25) is 0 Å². The zero-order chi connectivity index (χ0) is 14.8. The molecule has 1 amide bonds. The van der Waals surface area contributed by atoms with Gasteiger partial charge in [0, 0.05) is 28.1 Å². The maximum Gasteiger partial charge on any atom is 0.254 e. The number of hydrogen-bond acceptors (Lipinski definition) is 3. The number of carbonyl (C=O) groups excluding carboxylic acids is 1. The van der Waals surface area contributed by atoms with Gasteiger partial charge in [-0.25, -0.2) is 4.39 Å². The minimum atomic E-state index is -0.293.